The number of hydrogen-bond donors (Lipinski definition) is 0. The van der Waals surface area contributed by atoms with E-state index in [4.69, 9.17) is 4.42 Å². The Hall–Kier alpha value is -2.74. The van der Waals surface area contributed by atoms with Gasteiger partial charge in [-0.2, -0.15) is 0 Å². The van der Waals surface area contributed by atoms with Gasteiger partial charge in [-0.1, -0.05) is 51.1 Å². The van der Waals surface area contributed by atoms with Crippen molar-refractivity contribution in [2.24, 2.45) is 7.05 Å². The predicted octanol–water partition coefficient (Wildman–Crippen LogP) is 6.53. The first-order valence-corrected chi connectivity index (χ1v) is 8.77. The van der Waals surface area contributed by atoms with Gasteiger partial charge in [0.2, 0.25) is 0 Å². The van der Waals surface area contributed by atoms with Gasteiger partial charge in [-0.05, 0) is 35.2 Å². The molecule has 124 valence electrons. The minimum atomic E-state index is 0.119. The van der Waals surface area contributed by atoms with Crippen molar-refractivity contribution in [2.75, 3.05) is 0 Å². The summed E-state index contributed by atoms with van der Waals surface area (Å²) >= 11 is 0. The minimum absolute atomic E-state index is 0.119. The number of nitrogens with zero attached hydrogens (tertiary/aromatic N) is 1. The normalized spacial score (nSPS) is 12.8. The van der Waals surface area contributed by atoms with Crippen LogP contribution in [0.2, 0.25) is 0 Å². The fourth-order valence-corrected chi connectivity index (χ4v) is 3.89. The van der Waals surface area contributed by atoms with E-state index < -0.39 is 0 Å². The molecule has 0 bridgehead atoms. The summed E-state index contributed by atoms with van der Waals surface area (Å²) < 4.78 is 8.52. The lowest BCUT2D eigenvalue weighted by atomic mass is 9.87. The van der Waals surface area contributed by atoms with Crippen LogP contribution in [0.1, 0.15) is 26.3 Å². The van der Waals surface area contributed by atoms with Crippen molar-refractivity contribution in [1.82, 2.24) is 4.57 Å². The number of hydrogen-bond acceptors (Lipinski definition) is 1. The van der Waals surface area contributed by atoms with Gasteiger partial charge in [-0.25, -0.2) is 0 Å². The molecular weight excluding hydrogens is 306 g/mol. The molecule has 3 aromatic carbocycles. The molecule has 2 aromatic heterocycles. The maximum absolute atomic E-state index is 6.25. The molecular formula is C23H21NO. The van der Waals surface area contributed by atoms with E-state index in [1.165, 1.54) is 38.1 Å². The summed E-state index contributed by atoms with van der Waals surface area (Å²) in [6.45, 7) is 6.70. The van der Waals surface area contributed by atoms with E-state index in [1.807, 2.05) is 0 Å². The number of para-hydroxylation sites is 1. The zero-order valence-corrected chi connectivity index (χ0v) is 15.1. The average Bonchev–Trinajstić information content (AvgIpc) is 3.08. The molecule has 25 heavy (non-hydrogen) atoms. The Morgan fingerprint density at radius 2 is 1.48 bits per heavy atom. The molecule has 0 aliphatic heterocycles. The second-order valence-corrected chi connectivity index (χ2v) is 8.00. The van der Waals surface area contributed by atoms with Crippen molar-refractivity contribution < 1.29 is 4.42 Å². The predicted molar refractivity (Wildman–Crippen MR) is 106 cm³/mol. The highest BCUT2D eigenvalue weighted by Gasteiger charge is 2.17. The second-order valence-electron chi connectivity index (χ2n) is 8.00. The first-order chi connectivity index (χ1) is 11.9. The highest BCUT2D eigenvalue weighted by Crippen LogP contribution is 2.37. The first-order valence-electron chi connectivity index (χ1n) is 8.77. The molecule has 2 heterocycles. The lowest BCUT2D eigenvalue weighted by Gasteiger charge is -2.18. The lowest BCUT2D eigenvalue weighted by Crippen LogP contribution is -2.10. The van der Waals surface area contributed by atoms with Gasteiger partial charge in [0.15, 0.2) is 0 Å². The maximum atomic E-state index is 6.25. The summed E-state index contributed by atoms with van der Waals surface area (Å²) in [5.74, 6) is 0. The minimum Gasteiger partial charge on any atom is -0.456 e. The largest absolute Gasteiger partial charge is 0.456 e. The van der Waals surface area contributed by atoms with Crippen molar-refractivity contribution in [3.63, 3.8) is 0 Å². The molecule has 0 fully saturated rings. The molecule has 0 unspecified atom stereocenters. The Labute approximate surface area is 146 Å². The third kappa shape index (κ3) is 1.97. The van der Waals surface area contributed by atoms with Gasteiger partial charge in [-0.3, -0.25) is 0 Å². The van der Waals surface area contributed by atoms with E-state index in [-0.39, 0.29) is 5.41 Å². The number of rotatable bonds is 0. The van der Waals surface area contributed by atoms with Gasteiger partial charge in [0, 0.05) is 39.6 Å². The molecule has 0 spiro atoms. The third-order valence-electron chi connectivity index (χ3n) is 5.37. The van der Waals surface area contributed by atoms with E-state index in [9.17, 15) is 0 Å². The van der Waals surface area contributed by atoms with Gasteiger partial charge in [0.1, 0.15) is 11.2 Å². The van der Waals surface area contributed by atoms with Crippen LogP contribution in [0.4, 0.5) is 0 Å². The molecule has 0 aliphatic rings. The fraction of sp³-hybridized carbons (Fsp3) is 0.217. The monoisotopic (exact) mass is 327 g/mol. The van der Waals surface area contributed by atoms with Crippen LogP contribution in [0.5, 0.6) is 0 Å². The summed E-state index contributed by atoms with van der Waals surface area (Å²) in [7, 11) is 2.14. The molecule has 2 nitrogen and oxygen atoms in total. The summed E-state index contributed by atoms with van der Waals surface area (Å²) in [4.78, 5) is 0. The SMILES string of the molecule is Cn1c2ccccc2c2cc3oc4cc(C(C)(C)C)ccc4c3cc21. The number of furan rings is 1. The summed E-state index contributed by atoms with van der Waals surface area (Å²) in [5, 5.41) is 4.91. The topological polar surface area (TPSA) is 18.1 Å². The smallest absolute Gasteiger partial charge is 0.136 e. The van der Waals surface area contributed by atoms with E-state index in [2.05, 4.69) is 87.0 Å². The lowest BCUT2D eigenvalue weighted by molar-refractivity contribution is 0.587. The quantitative estimate of drug-likeness (QED) is 0.316. The van der Waals surface area contributed by atoms with Crippen LogP contribution in [0.3, 0.4) is 0 Å². The Bertz CT molecular complexity index is 1280. The van der Waals surface area contributed by atoms with Crippen LogP contribution in [-0.2, 0) is 12.5 Å². The molecule has 0 radical (unpaired) electrons. The van der Waals surface area contributed by atoms with Gasteiger partial charge < -0.3 is 8.98 Å². The second kappa shape index (κ2) is 4.66. The molecule has 5 rings (SSSR count). The zero-order valence-electron chi connectivity index (χ0n) is 15.1. The van der Waals surface area contributed by atoms with Crippen molar-refractivity contribution in [3.05, 3.63) is 60.2 Å². The van der Waals surface area contributed by atoms with E-state index in [0.29, 0.717) is 0 Å². The first kappa shape index (κ1) is 14.6. The summed E-state index contributed by atoms with van der Waals surface area (Å²) in [6, 6.07) is 19.6. The molecule has 5 aromatic rings. The molecule has 2 heteroatoms. The Morgan fingerprint density at radius 3 is 2.28 bits per heavy atom. The molecule has 0 aliphatic carbocycles. The highest BCUT2D eigenvalue weighted by atomic mass is 16.3. The Kier molecular flexibility index (Phi) is 2.72. The van der Waals surface area contributed by atoms with Gasteiger partial charge >= 0.3 is 0 Å². The average molecular weight is 327 g/mol. The van der Waals surface area contributed by atoms with Crippen molar-refractivity contribution in [3.8, 4) is 0 Å². The van der Waals surface area contributed by atoms with Crippen molar-refractivity contribution >= 4 is 43.7 Å². The number of fused-ring (bicyclic) bond motifs is 6. The number of aromatic nitrogens is 1. The standard InChI is InChI=1S/C23H21NO/c1-23(2,3)14-9-10-16-18-12-20-17(13-22(18)25-21(16)11-14)15-7-5-6-8-19(15)24(20)4/h5-13H,1-4H3. The van der Waals surface area contributed by atoms with Crippen LogP contribution in [0.15, 0.2) is 59.0 Å². The van der Waals surface area contributed by atoms with Crippen LogP contribution in [0, 0.1) is 0 Å². The zero-order chi connectivity index (χ0) is 17.3. The van der Waals surface area contributed by atoms with Crippen LogP contribution in [0.25, 0.3) is 43.7 Å². The summed E-state index contributed by atoms with van der Waals surface area (Å²) in [6.07, 6.45) is 0. The fourth-order valence-electron chi connectivity index (χ4n) is 3.89. The Morgan fingerprint density at radius 1 is 0.720 bits per heavy atom. The maximum Gasteiger partial charge on any atom is 0.136 e. The number of aryl methyl sites for hydroxylation is 1. The van der Waals surface area contributed by atoms with Crippen molar-refractivity contribution in [1.29, 1.82) is 0 Å². The van der Waals surface area contributed by atoms with Crippen LogP contribution >= 0.6 is 0 Å². The van der Waals surface area contributed by atoms with Crippen LogP contribution < -0.4 is 0 Å². The molecule has 0 saturated heterocycles. The highest BCUT2D eigenvalue weighted by molar-refractivity contribution is 6.16. The molecule has 0 atom stereocenters. The van der Waals surface area contributed by atoms with Crippen molar-refractivity contribution in [2.45, 2.75) is 26.2 Å². The number of benzene rings is 3. The summed E-state index contributed by atoms with van der Waals surface area (Å²) in [5.41, 5.74) is 5.86. The van der Waals surface area contributed by atoms with Crippen LogP contribution in [-0.4, -0.2) is 4.57 Å². The van der Waals surface area contributed by atoms with Gasteiger partial charge in [0.25, 0.3) is 0 Å². The van der Waals surface area contributed by atoms with E-state index in [0.717, 1.165) is 11.2 Å². The molecule has 0 saturated carbocycles. The Balaban J connectivity index is 1.90. The third-order valence-corrected chi connectivity index (χ3v) is 5.37. The van der Waals surface area contributed by atoms with E-state index >= 15 is 0 Å². The molecule has 0 amide bonds. The van der Waals surface area contributed by atoms with E-state index in [1.54, 1.807) is 0 Å². The van der Waals surface area contributed by atoms with Gasteiger partial charge in [0.05, 0.1) is 0 Å². The van der Waals surface area contributed by atoms with Gasteiger partial charge in [-0.15, -0.1) is 0 Å². The molecule has 0 N–H and O–H groups in total.